The average Bonchev–Trinajstić information content (AvgIpc) is 2.48. The van der Waals surface area contributed by atoms with Crippen LogP contribution in [0, 0.1) is 0 Å². The molecule has 0 bridgehead atoms. The van der Waals surface area contributed by atoms with Crippen LogP contribution in [0.4, 0.5) is 0 Å². The Morgan fingerprint density at radius 3 is 2.71 bits per heavy atom. The van der Waals surface area contributed by atoms with Crippen LogP contribution in [0.1, 0.15) is 25.5 Å². The molecular formula is C16H25N3O2. The molecule has 0 spiro atoms. The molecule has 0 aliphatic carbocycles. The fourth-order valence-electron chi connectivity index (χ4n) is 2.68. The maximum absolute atomic E-state index is 12.2. The minimum Gasteiger partial charge on any atom is -0.392 e. The predicted octanol–water partition coefficient (Wildman–Crippen LogP) is 0.929. The summed E-state index contributed by atoms with van der Waals surface area (Å²) in [5.41, 5.74) is 1.05. The minimum atomic E-state index is -0.300. The molecule has 1 aliphatic heterocycles. The number of carbonyl (C=O) groups is 1. The molecule has 0 radical (unpaired) electrons. The number of piperazine rings is 1. The van der Waals surface area contributed by atoms with Gasteiger partial charge in [-0.3, -0.25) is 14.7 Å². The van der Waals surface area contributed by atoms with Crippen molar-refractivity contribution in [3.63, 3.8) is 0 Å². The van der Waals surface area contributed by atoms with Gasteiger partial charge in [0.15, 0.2) is 0 Å². The molecule has 0 aromatic carbocycles. The van der Waals surface area contributed by atoms with Crippen molar-refractivity contribution in [3.05, 3.63) is 30.1 Å². The van der Waals surface area contributed by atoms with Gasteiger partial charge in [0.25, 0.3) is 0 Å². The molecular weight excluding hydrogens is 266 g/mol. The Morgan fingerprint density at radius 2 is 2.10 bits per heavy atom. The first-order valence-corrected chi connectivity index (χ1v) is 7.73. The number of carbonyl (C=O) groups excluding carboxylic acids is 1. The molecule has 1 aliphatic rings. The molecule has 5 nitrogen and oxygen atoms in total. The van der Waals surface area contributed by atoms with Gasteiger partial charge in [-0.1, -0.05) is 6.07 Å². The first-order valence-electron chi connectivity index (χ1n) is 7.73. The van der Waals surface area contributed by atoms with Crippen molar-refractivity contribution >= 4 is 5.91 Å². The molecule has 5 heteroatoms. The summed E-state index contributed by atoms with van der Waals surface area (Å²) in [7, 11) is 0. The van der Waals surface area contributed by atoms with E-state index < -0.39 is 0 Å². The molecule has 1 aromatic heterocycles. The van der Waals surface area contributed by atoms with E-state index in [4.69, 9.17) is 0 Å². The van der Waals surface area contributed by atoms with E-state index in [1.165, 1.54) is 0 Å². The van der Waals surface area contributed by atoms with E-state index in [0.29, 0.717) is 13.0 Å². The van der Waals surface area contributed by atoms with E-state index in [1.807, 2.05) is 23.1 Å². The third-order valence-corrected chi connectivity index (χ3v) is 3.80. The summed E-state index contributed by atoms with van der Waals surface area (Å²) in [4.78, 5) is 20.6. The second kappa shape index (κ2) is 8.10. The SMILES string of the molecule is C[C@@H](O)CN1CCN(C(=O)CCCc2ccccn2)CC1. The summed E-state index contributed by atoms with van der Waals surface area (Å²) >= 11 is 0. The van der Waals surface area contributed by atoms with Gasteiger partial charge < -0.3 is 10.0 Å². The summed E-state index contributed by atoms with van der Waals surface area (Å²) in [6, 6.07) is 5.88. The smallest absolute Gasteiger partial charge is 0.222 e. The second-order valence-corrected chi connectivity index (χ2v) is 5.71. The number of aliphatic hydroxyl groups excluding tert-OH is 1. The number of aromatic nitrogens is 1. The normalized spacial score (nSPS) is 17.7. The zero-order valence-corrected chi connectivity index (χ0v) is 12.7. The number of amides is 1. The molecule has 0 saturated carbocycles. The number of pyridine rings is 1. The van der Waals surface area contributed by atoms with Crippen molar-refractivity contribution in [2.45, 2.75) is 32.3 Å². The number of aliphatic hydroxyl groups is 1. The molecule has 21 heavy (non-hydrogen) atoms. The zero-order valence-electron chi connectivity index (χ0n) is 12.7. The lowest BCUT2D eigenvalue weighted by molar-refractivity contribution is -0.133. The Bertz CT molecular complexity index is 428. The lowest BCUT2D eigenvalue weighted by atomic mass is 10.1. The maximum Gasteiger partial charge on any atom is 0.222 e. The third-order valence-electron chi connectivity index (χ3n) is 3.80. The molecule has 1 N–H and O–H groups in total. The van der Waals surface area contributed by atoms with Gasteiger partial charge in [-0.25, -0.2) is 0 Å². The molecule has 2 rings (SSSR count). The van der Waals surface area contributed by atoms with Crippen molar-refractivity contribution in [2.75, 3.05) is 32.7 Å². The Kier molecular flexibility index (Phi) is 6.14. The van der Waals surface area contributed by atoms with Crippen molar-refractivity contribution < 1.29 is 9.90 Å². The summed E-state index contributed by atoms with van der Waals surface area (Å²) < 4.78 is 0. The van der Waals surface area contributed by atoms with Crippen LogP contribution in [0.5, 0.6) is 0 Å². The minimum absolute atomic E-state index is 0.239. The molecule has 116 valence electrons. The zero-order chi connectivity index (χ0) is 15.1. The van der Waals surface area contributed by atoms with Gasteiger partial charge in [0.05, 0.1) is 6.10 Å². The fraction of sp³-hybridized carbons (Fsp3) is 0.625. The number of hydrogen-bond acceptors (Lipinski definition) is 4. The van der Waals surface area contributed by atoms with E-state index in [9.17, 15) is 9.90 Å². The van der Waals surface area contributed by atoms with Gasteiger partial charge in [-0.05, 0) is 31.9 Å². The molecule has 1 aromatic rings. The third kappa shape index (κ3) is 5.44. The molecule has 2 heterocycles. The Morgan fingerprint density at radius 1 is 1.33 bits per heavy atom. The second-order valence-electron chi connectivity index (χ2n) is 5.71. The topological polar surface area (TPSA) is 56.7 Å². The highest BCUT2D eigenvalue weighted by molar-refractivity contribution is 5.76. The number of rotatable bonds is 6. The van der Waals surface area contributed by atoms with E-state index in [1.54, 1.807) is 13.1 Å². The highest BCUT2D eigenvalue weighted by atomic mass is 16.3. The van der Waals surface area contributed by atoms with Crippen molar-refractivity contribution in [3.8, 4) is 0 Å². The van der Waals surface area contributed by atoms with Crippen molar-refractivity contribution in [2.24, 2.45) is 0 Å². The summed E-state index contributed by atoms with van der Waals surface area (Å²) in [6.45, 7) is 5.76. The standard InChI is InChI=1S/C16H25N3O2/c1-14(20)13-18-9-11-19(12-10-18)16(21)7-4-6-15-5-2-3-8-17-15/h2-3,5,8,14,20H,4,6-7,9-13H2,1H3/t14-/m1/s1. The molecule has 1 saturated heterocycles. The number of β-amino-alcohol motifs (C(OH)–C–C–N with tert-alkyl or cyclic N) is 1. The van der Waals surface area contributed by atoms with Crippen molar-refractivity contribution in [1.82, 2.24) is 14.8 Å². The first-order chi connectivity index (χ1) is 10.1. The van der Waals surface area contributed by atoms with Crippen LogP contribution in [-0.4, -0.2) is 64.6 Å². The molecule has 1 fully saturated rings. The largest absolute Gasteiger partial charge is 0.392 e. The average molecular weight is 291 g/mol. The number of nitrogens with zero attached hydrogens (tertiary/aromatic N) is 3. The van der Waals surface area contributed by atoms with Crippen LogP contribution >= 0.6 is 0 Å². The monoisotopic (exact) mass is 291 g/mol. The fourth-order valence-corrected chi connectivity index (χ4v) is 2.68. The lowest BCUT2D eigenvalue weighted by Crippen LogP contribution is -2.50. The van der Waals surface area contributed by atoms with Crippen LogP contribution in [0.3, 0.4) is 0 Å². The van der Waals surface area contributed by atoms with Gasteiger partial charge in [-0.15, -0.1) is 0 Å². The van der Waals surface area contributed by atoms with E-state index in [0.717, 1.165) is 44.7 Å². The van der Waals surface area contributed by atoms with E-state index in [-0.39, 0.29) is 12.0 Å². The van der Waals surface area contributed by atoms with Gasteiger partial charge in [0.2, 0.25) is 5.91 Å². The Balaban J connectivity index is 1.65. The summed E-state index contributed by atoms with van der Waals surface area (Å²) in [5, 5.41) is 9.38. The van der Waals surface area contributed by atoms with Gasteiger partial charge >= 0.3 is 0 Å². The van der Waals surface area contributed by atoms with E-state index in [2.05, 4.69) is 9.88 Å². The molecule has 1 atom stereocenters. The lowest BCUT2D eigenvalue weighted by Gasteiger charge is -2.35. The number of hydrogen-bond donors (Lipinski definition) is 1. The van der Waals surface area contributed by atoms with Gasteiger partial charge in [0, 0.05) is 51.0 Å². The van der Waals surface area contributed by atoms with Crippen molar-refractivity contribution in [1.29, 1.82) is 0 Å². The predicted molar refractivity (Wildman–Crippen MR) is 81.9 cm³/mol. The Hall–Kier alpha value is -1.46. The van der Waals surface area contributed by atoms with Crippen LogP contribution < -0.4 is 0 Å². The molecule has 1 amide bonds. The summed E-state index contributed by atoms with van der Waals surface area (Å²) in [5.74, 6) is 0.239. The highest BCUT2D eigenvalue weighted by Gasteiger charge is 2.21. The maximum atomic E-state index is 12.2. The molecule has 0 unspecified atom stereocenters. The van der Waals surface area contributed by atoms with E-state index >= 15 is 0 Å². The summed E-state index contributed by atoms with van der Waals surface area (Å²) in [6.07, 6.45) is 3.79. The quantitative estimate of drug-likeness (QED) is 0.847. The van der Waals surface area contributed by atoms with Gasteiger partial charge in [0.1, 0.15) is 0 Å². The number of aryl methyl sites for hydroxylation is 1. The van der Waals surface area contributed by atoms with Crippen LogP contribution in [-0.2, 0) is 11.2 Å². The first kappa shape index (κ1) is 15.9. The van der Waals surface area contributed by atoms with Crippen LogP contribution in [0.25, 0.3) is 0 Å². The Labute approximate surface area is 126 Å². The van der Waals surface area contributed by atoms with Crippen LogP contribution in [0.2, 0.25) is 0 Å². The van der Waals surface area contributed by atoms with Crippen LogP contribution in [0.15, 0.2) is 24.4 Å². The highest BCUT2D eigenvalue weighted by Crippen LogP contribution is 2.08. The van der Waals surface area contributed by atoms with Gasteiger partial charge in [-0.2, -0.15) is 0 Å².